The zero-order valence-electron chi connectivity index (χ0n) is 18.8. The number of hydrogen-bond donors (Lipinski definition) is 5. The fourth-order valence-electron chi connectivity index (χ4n) is 4.39. The Morgan fingerprint density at radius 1 is 1.09 bits per heavy atom. The SMILES string of the molecule is CNc1cc(F)cc2cc(C(=O)Nc3ccc(C(=O)O)cc3CNC3CCCCC3)c(=O)[nH]c12. The first-order valence-corrected chi connectivity index (χ1v) is 11.3. The zero-order valence-corrected chi connectivity index (χ0v) is 18.8. The lowest BCUT2D eigenvalue weighted by molar-refractivity contribution is 0.0696. The molecule has 0 aliphatic heterocycles. The van der Waals surface area contributed by atoms with Crippen LogP contribution < -0.4 is 21.5 Å². The van der Waals surface area contributed by atoms with Crippen molar-refractivity contribution in [2.45, 2.75) is 44.7 Å². The summed E-state index contributed by atoms with van der Waals surface area (Å²) in [6.45, 7) is 0.381. The van der Waals surface area contributed by atoms with Crippen LogP contribution in [-0.4, -0.2) is 35.1 Å². The van der Waals surface area contributed by atoms with E-state index in [-0.39, 0.29) is 11.1 Å². The molecule has 34 heavy (non-hydrogen) atoms. The van der Waals surface area contributed by atoms with E-state index >= 15 is 0 Å². The number of aromatic amines is 1. The number of carbonyl (C=O) groups is 2. The summed E-state index contributed by atoms with van der Waals surface area (Å²) in [5, 5.41) is 18.8. The van der Waals surface area contributed by atoms with Gasteiger partial charge in [-0.15, -0.1) is 0 Å². The second-order valence-corrected chi connectivity index (χ2v) is 8.53. The van der Waals surface area contributed by atoms with Crippen LogP contribution in [0, 0.1) is 5.82 Å². The largest absolute Gasteiger partial charge is 0.478 e. The van der Waals surface area contributed by atoms with Gasteiger partial charge in [0.15, 0.2) is 0 Å². The lowest BCUT2D eigenvalue weighted by Gasteiger charge is -2.23. The van der Waals surface area contributed by atoms with Crippen molar-refractivity contribution in [3.63, 3.8) is 0 Å². The van der Waals surface area contributed by atoms with Crippen LogP contribution in [0.2, 0.25) is 0 Å². The molecule has 1 aliphatic carbocycles. The van der Waals surface area contributed by atoms with Crippen LogP contribution in [0.25, 0.3) is 10.9 Å². The number of pyridine rings is 1. The van der Waals surface area contributed by atoms with E-state index in [4.69, 9.17) is 0 Å². The zero-order chi connectivity index (χ0) is 24.2. The van der Waals surface area contributed by atoms with Crippen LogP contribution in [-0.2, 0) is 6.54 Å². The van der Waals surface area contributed by atoms with E-state index in [0.717, 1.165) is 25.7 Å². The molecule has 0 saturated heterocycles. The van der Waals surface area contributed by atoms with Crippen molar-refractivity contribution in [2.75, 3.05) is 17.7 Å². The van der Waals surface area contributed by atoms with Gasteiger partial charge in [-0.3, -0.25) is 9.59 Å². The Bertz CT molecular complexity index is 1300. The Morgan fingerprint density at radius 3 is 2.56 bits per heavy atom. The van der Waals surface area contributed by atoms with Crippen molar-refractivity contribution in [1.29, 1.82) is 0 Å². The van der Waals surface area contributed by atoms with E-state index < -0.39 is 23.3 Å². The molecule has 0 atom stereocenters. The minimum Gasteiger partial charge on any atom is -0.478 e. The summed E-state index contributed by atoms with van der Waals surface area (Å²) in [5.74, 6) is -2.24. The lowest BCUT2D eigenvalue weighted by atomic mass is 9.95. The topological polar surface area (TPSA) is 123 Å². The van der Waals surface area contributed by atoms with Gasteiger partial charge in [-0.05, 0) is 54.8 Å². The average molecular weight is 467 g/mol. The van der Waals surface area contributed by atoms with Crippen LogP contribution >= 0.6 is 0 Å². The van der Waals surface area contributed by atoms with Crippen molar-refractivity contribution < 1.29 is 19.1 Å². The fraction of sp³-hybridized carbons (Fsp3) is 0.320. The molecule has 0 radical (unpaired) electrons. The number of fused-ring (bicyclic) bond motifs is 1. The maximum atomic E-state index is 14.0. The van der Waals surface area contributed by atoms with Crippen LogP contribution in [0.5, 0.6) is 0 Å². The Labute approximate surface area is 195 Å². The van der Waals surface area contributed by atoms with Crippen molar-refractivity contribution in [3.05, 3.63) is 69.3 Å². The molecule has 8 nitrogen and oxygen atoms in total. The third-order valence-corrected chi connectivity index (χ3v) is 6.22. The molecule has 3 aromatic rings. The smallest absolute Gasteiger partial charge is 0.335 e. The maximum Gasteiger partial charge on any atom is 0.335 e. The van der Waals surface area contributed by atoms with E-state index in [1.807, 2.05) is 0 Å². The number of H-pyrrole nitrogens is 1. The molecule has 0 bridgehead atoms. The second kappa shape index (κ2) is 10.0. The predicted octanol–water partition coefficient (Wildman–Crippen LogP) is 4.08. The summed E-state index contributed by atoms with van der Waals surface area (Å²) in [6.07, 6.45) is 5.62. The molecule has 1 aliphatic rings. The first kappa shape index (κ1) is 23.4. The number of carbonyl (C=O) groups excluding carboxylic acids is 1. The highest BCUT2D eigenvalue weighted by Gasteiger charge is 2.18. The number of amides is 1. The summed E-state index contributed by atoms with van der Waals surface area (Å²) in [5.41, 5.74) is 1.14. The second-order valence-electron chi connectivity index (χ2n) is 8.53. The van der Waals surface area contributed by atoms with Gasteiger partial charge in [0.2, 0.25) is 0 Å². The Balaban J connectivity index is 1.63. The number of halogens is 1. The number of rotatable bonds is 7. The molecule has 9 heteroatoms. The summed E-state index contributed by atoms with van der Waals surface area (Å²) < 4.78 is 14.0. The predicted molar refractivity (Wildman–Crippen MR) is 129 cm³/mol. The van der Waals surface area contributed by atoms with E-state index in [9.17, 15) is 23.9 Å². The van der Waals surface area contributed by atoms with Crippen LogP contribution in [0.1, 0.15) is 58.4 Å². The molecule has 5 N–H and O–H groups in total. The Hall–Kier alpha value is -3.72. The Morgan fingerprint density at radius 2 is 1.85 bits per heavy atom. The van der Waals surface area contributed by atoms with Crippen molar-refractivity contribution in [2.24, 2.45) is 0 Å². The quantitative estimate of drug-likeness (QED) is 0.358. The van der Waals surface area contributed by atoms with E-state index in [2.05, 4.69) is 20.9 Å². The Kier molecular flexibility index (Phi) is 6.93. The molecular formula is C25H27FN4O4. The number of benzene rings is 2. The minimum absolute atomic E-state index is 0.108. The molecule has 1 fully saturated rings. The van der Waals surface area contributed by atoms with Gasteiger partial charge in [0.1, 0.15) is 11.4 Å². The molecule has 1 heterocycles. The normalized spacial score (nSPS) is 14.2. The molecule has 0 unspecified atom stereocenters. The standard InChI is InChI=1S/C25H27FN4O4/c1-27-21-12-17(26)10-15-11-19(24(32)30-22(15)21)23(31)29-20-8-7-14(25(33)34)9-16(20)13-28-18-5-3-2-4-6-18/h7-12,18,27-28H,2-6,13H2,1H3,(H,29,31)(H,30,32)(H,33,34). The van der Waals surface area contributed by atoms with Gasteiger partial charge >= 0.3 is 5.97 Å². The van der Waals surface area contributed by atoms with E-state index in [1.165, 1.54) is 42.8 Å². The monoisotopic (exact) mass is 466 g/mol. The van der Waals surface area contributed by atoms with Gasteiger partial charge in [-0.2, -0.15) is 0 Å². The highest BCUT2D eigenvalue weighted by molar-refractivity contribution is 6.07. The highest BCUT2D eigenvalue weighted by atomic mass is 19.1. The molecule has 178 valence electrons. The van der Waals surface area contributed by atoms with Crippen molar-refractivity contribution >= 4 is 34.2 Å². The highest BCUT2D eigenvalue weighted by Crippen LogP contribution is 2.24. The van der Waals surface area contributed by atoms with Crippen molar-refractivity contribution in [3.8, 4) is 0 Å². The van der Waals surface area contributed by atoms with Gasteiger partial charge in [0.05, 0.1) is 16.8 Å². The summed E-state index contributed by atoms with van der Waals surface area (Å²) in [7, 11) is 1.61. The first-order valence-electron chi connectivity index (χ1n) is 11.3. The van der Waals surface area contributed by atoms with E-state index in [1.54, 1.807) is 7.05 Å². The molecule has 1 aromatic heterocycles. The average Bonchev–Trinajstić information content (AvgIpc) is 2.83. The van der Waals surface area contributed by atoms with Gasteiger partial charge < -0.3 is 26.0 Å². The molecular weight excluding hydrogens is 439 g/mol. The third kappa shape index (κ3) is 5.09. The number of aromatic nitrogens is 1. The van der Waals surface area contributed by atoms with Crippen LogP contribution in [0.4, 0.5) is 15.8 Å². The number of carboxylic acid groups (broad SMARTS) is 1. The molecule has 0 spiro atoms. The summed E-state index contributed by atoms with van der Waals surface area (Å²) in [6, 6.07) is 8.63. The fourth-order valence-corrected chi connectivity index (χ4v) is 4.39. The lowest BCUT2D eigenvalue weighted by Crippen LogP contribution is -2.31. The molecule has 4 rings (SSSR count). The molecule has 1 amide bonds. The first-order chi connectivity index (χ1) is 16.4. The van der Waals surface area contributed by atoms with Gasteiger partial charge in [0.25, 0.3) is 11.5 Å². The number of nitrogens with one attached hydrogen (secondary N) is 4. The van der Waals surface area contributed by atoms with E-state index in [0.29, 0.717) is 40.4 Å². The summed E-state index contributed by atoms with van der Waals surface area (Å²) in [4.78, 5) is 39.8. The van der Waals surface area contributed by atoms with Gasteiger partial charge in [0, 0.05) is 30.7 Å². The number of aromatic carboxylic acids is 1. The van der Waals surface area contributed by atoms with Crippen molar-refractivity contribution in [1.82, 2.24) is 10.3 Å². The molecule has 2 aromatic carbocycles. The van der Waals surface area contributed by atoms with Gasteiger partial charge in [-0.25, -0.2) is 9.18 Å². The number of hydrogen-bond acceptors (Lipinski definition) is 5. The molecule has 1 saturated carbocycles. The number of carboxylic acids is 1. The number of anilines is 2. The van der Waals surface area contributed by atoms with Gasteiger partial charge in [-0.1, -0.05) is 19.3 Å². The summed E-state index contributed by atoms with van der Waals surface area (Å²) >= 11 is 0. The minimum atomic E-state index is -1.06. The maximum absolute atomic E-state index is 14.0. The van der Waals surface area contributed by atoms with Crippen LogP contribution in [0.15, 0.2) is 41.2 Å². The third-order valence-electron chi connectivity index (χ3n) is 6.22. The van der Waals surface area contributed by atoms with Crippen LogP contribution in [0.3, 0.4) is 0 Å².